The summed E-state index contributed by atoms with van der Waals surface area (Å²) in [6.07, 6.45) is 3.73. The van der Waals surface area contributed by atoms with Gasteiger partial charge in [-0.05, 0) is 43.8 Å². The molecule has 0 heterocycles. The van der Waals surface area contributed by atoms with E-state index in [0.717, 1.165) is 6.08 Å². The number of allylic oxidation sites excluding steroid dienone is 3. The molecule has 0 aliphatic heterocycles. The van der Waals surface area contributed by atoms with E-state index in [9.17, 15) is 24.3 Å². The molecule has 2 rings (SSSR count). The van der Waals surface area contributed by atoms with E-state index in [4.69, 9.17) is 16.7 Å². The molecule has 0 aromatic heterocycles. The van der Waals surface area contributed by atoms with Gasteiger partial charge in [0, 0.05) is 30.6 Å². The molecule has 0 radical (unpaired) electrons. The molecule has 2 saturated carbocycles. The molecule has 3 atom stereocenters. The largest absolute Gasteiger partial charge is 0.501 e. The molecular formula is C19H23ClO6. The van der Waals surface area contributed by atoms with Crippen LogP contribution in [-0.2, 0) is 19.2 Å². The molecule has 0 spiro atoms. The first-order valence-electron chi connectivity index (χ1n) is 8.67. The molecule has 0 saturated heterocycles. The van der Waals surface area contributed by atoms with Crippen LogP contribution < -0.4 is 0 Å². The monoisotopic (exact) mass is 382 g/mol. The highest BCUT2D eigenvalue weighted by atomic mass is 35.5. The number of halogens is 1. The number of Topliss-reactive ketones (excluding diaryl/α,β-unsaturated/α-hetero) is 3. The Bertz CT molecular complexity index is 720. The van der Waals surface area contributed by atoms with Gasteiger partial charge >= 0.3 is 5.97 Å². The van der Waals surface area contributed by atoms with Crippen LogP contribution in [0.1, 0.15) is 52.4 Å². The summed E-state index contributed by atoms with van der Waals surface area (Å²) in [5.41, 5.74) is -0.248. The molecule has 0 bridgehead atoms. The van der Waals surface area contributed by atoms with Crippen molar-refractivity contribution in [3.63, 3.8) is 0 Å². The van der Waals surface area contributed by atoms with E-state index in [1.54, 1.807) is 0 Å². The second-order valence-electron chi connectivity index (χ2n) is 7.35. The minimum atomic E-state index is -1.58. The molecule has 0 aromatic carbocycles. The molecule has 26 heavy (non-hydrogen) atoms. The Morgan fingerprint density at radius 1 is 1.27 bits per heavy atom. The third-order valence-electron chi connectivity index (χ3n) is 5.82. The quantitative estimate of drug-likeness (QED) is 0.414. The van der Waals surface area contributed by atoms with Crippen LogP contribution in [-0.4, -0.2) is 33.5 Å². The highest BCUT2D eigenvalue weighted by Gasteiger charge is 2.53. The van der Waals surface area contributed by atoms with Crippen molar-refractivity contribution < 1.29 is 29.4 Å². The smallest absolute Gasteiger partial charge is 0.372 e. The first-order chi connectivity index (χ1) is 12.1. The topological polar surface area (TPSA) is 109 Å². The maximum absolute atomic E-state index is 12.3. The first kappa shape index (κ1) is 20.4. The number of fused-ring (bicyclic) bond motifs is 1. The number of carboxylic acids is 1. The van der Waals surface area contributed by atoms with Gasteiger partial charge in [0.2, 0.25) is 5.76 Å². The lowest BCUT2D eigenvalue weighted by Crippen LogP contribution is -2.42. The van der Waals surface area contributed by atoms with Crippen molar-refractivity contribution in [3.05, 3.63) is 22.4 Å². The Hall–Kier alpha value is -1.95. The molecule has 2 aliphatic carbocycles. The van der Waals surface area contributed by atoms with Crippen molar-refractivity contribution in [2.45, 2.75) is 52.4 Å². The van der Waals surface area contributed by atoms with Crippen molar-refractivity contribution in [2.24, 2.45) is 17.3 Å². The van der Waals surface area contributed by atoms with E-state index in [-0.39, 0.29) is 41.2 Å². The van der Waals surface area contributed by atoms with Gasteiger partial charge in [0.1, 0.15) is 11.6 Å². The number of carboxylic acid groups (broad SMARTS) is 1. The molecule has 2 N–H and O–H groups in total. The van der Waals surface area contributed by atoms with Gasteiger partial charge in [-0.15, -0.1) is 0 Å². The Morgan fingerprint density at radius 2 is 1.92 bits per heavy atom. The maximum atomic E-state index is 12.3. The van der Waals surface area contributed by atoms with Gasteiger partial charge in [-0.2, -0.15) is 0 Å². The first-order valence-corrected chi connectivity index (χ1v) is 9.05. The highest BCUT2D eigenvalue weighted by Crippen LogP contribution is 2.52. The summed E-state index contributed by atoms with van der Waals surface area (Å²) < 4.78 is 0. The number of aliphatic hydroxyl groups is 1. The van der Waals surface area contributed by atoms with Crippen molar-refractivity contribution in [1.82, 2.24) is 0 Å². The average molecular weight is 383 g/mol. The van der Waals surface area contributed by atoms with Gasteiger partial charge < -0.3 is 10.2 Å². The van der Waals surface area contributed by atoms with Gasteiger partial charge in [0.05, 0.1) is 5.03 Å². The zero-order chi connectivity index (χ0) is 19.6. The number of carbonyl (C=O) groups excluding carboxylic acids is 3. The summed E-state index contributed by atoms with van der Waals surface area (Å²) in [4.78, 5) is 47.5. The van der Waals surface area contributed by atoms with Crippen LogP contribution in [0.25, 0.3) is 0 Å². The van der Waals surface area contributed by atoms with Crippen molar-refractivity contribution in [1.29, 1.82) is 0 Å². The Labute approximate surface area is 156 Å². The van der Waals surface area contributed by atoms with Crippen molar-refractivity contribution in [3.8, 4) is 0 Å². The summed E-state index contributed by atoms with van der Waals surface area (Å²) >= 11 is 5.67. The van der Waals surface area contributed by atoms with Crippen molar-refractivity contribution >= 4 is 34.9 Å². The average Bonchev–Trinajstić information content (AvgIpc) is 2.88. The second-order valence-corrected chi connectivity index (χ2v) is 7.76. The van der Waals surface area contributed by atoms with Crippen LogP contribution in [0.2, 0.25) is 0 Å². The number of hydrogen-bond donors (Lipinski definition) is 2. The van der Waals surface area contributed by atoms with Crippen LogP contribution in [0.3, 0.4) is 0 Å². The lowest BCUT2D eigenvalue weighted by Gasteiger charge is -2.39. The number of ketones is 3. The van der Waals surface area contributed by atoms with Crippen LogP contribution in [0.15, 0.2) is 22.4 Å². The summed E-state index contributed by atoms with van der Waals surface area (Å²) in [7, 11) is 0. The normalized spacial score (nSPS) is 30.0. The number of hydrogen-bond acceptors (Lipinski definition) is 5. The molecule has 142 valence electrons. The highest BCUT2D eigenvalue weighted by molar-refractivity contribution is 6.33. The third kappa shape index (κ3) is 3.90. The molecule has 7 heteroatoms. The Balaban J connectivity index is 2.06. The van der Waals surface area contributed by atoms with Gasteiger partial charge in [0.25, 0.3) is 0 Å². The zero-order valence-corrected chi connectivity index (χ0v) is 15.6. The lowest BCUT2D eigenvalue weighted by molar-refractivity contribution is -0.137. The van der Waals surface area contributed by atoms with Gasteiger partial charge in [-0.1, -0.05) is 18.5 Å². The molecule has 2 aliphatic rings. The molecular weight excluding hydrogens is 360 g/mol. The summed E-state index contributed by atoms with van der Waals surface area (Å²) in [5, 5.41) is 17.5. The summed E-state index contributed by atoms with van der Waals surface area (Å²) in [6.45, 7) is 3.41. The van der Waals surface area contributed by atoms with Gasteiger partial charge in [0.15, 0.2) is 5.78 Å². The molecule has 2 fully saturated rings. The molecule has 0 amide bonds. The van der Waals surface area contributed by atoms with E-state index in [0.29, 0.717) is 32.1 Å². The second kappa shape index (κ2) is 7.74. The Morgan fingerprint density at radius 3 is 2.54 bits per heavy atom. The van der Waals surface area contributed by atoms with E-state index in [1.807, 2.05) is 6.92 Å². The van der Waals surface area contributed by atoms with Crippen molar-refractivity contribution in [2.75, 3.05) is 0 Å². The number of aliphatic carboxylic acids is 1. The van der Waals surface area contributed by atoms with E-state index in [1.165, 1.54) is 6.92 Å². The minimum Gasteiger partial charge on any atom is -0.501 e. The number of aliphatic hydroxyl groups excluding tert-OH is 1. The minimum absolute atomic E-state index is 0.00660. The fourth-order valence-electron chi connectivity index (χ4n) is 4.15. The van der Waals surface area contributed by atoms with E-state index >= 15 is 0 Å². The standard InChI is InChI=1S/C19H23ClO6/c1-10(9-13(20)17(24)18(25)26)14(21)5-3-11-12-4-6-16(23)19(12,2)8-7-15(11)22/h9,11-12,24H,3-8H2,1-2H3,(H,25,26)/b10-9+,17-13-/t11?,12-,19-/m0/s1. The zero-order valence-electron chi connectivity index (χ0n) is 14.9. The Kier molecular flexibility index (Phi) is 6.06. The SMILES string of the molecule is C/C(=C\C(Cl)=C(\O)C(=O)O)C(=O)CCC1C(=O)CC[C@]2(C)C(=O)CC[C@@H]12. The lowest BCUT2D eigenvalue weighted by atomic mass is 9.62. The number of rotatable bonds is 6. The predicted octanol–water partition coefficient (Wildman–Crippen LogP) is 3.34. The van der Waals surface area contributed by atoms with E-state index in [2.05, 4.69) is 0 Å². The van der Waals surface area contributed by atoms with Crippen LogP contribution in [0.4, 0.5) is 0 Å². The third-order valence-corrected chi connectivity index (χ3v) is 6.11. The van der Waals surface area contributed by atoms with E-state index < -0.39 is 22.2 Å². The maximum Gasteiger partial charge on any atom is 0.372 e. The van der Waals surface area contributed by atoms with Crippen LogP contribution in [0, 0.1) is 17.3 Å². The number of carbonyl (C=O) groups is 4. The molecule has 0 aromatic rings. The predicted molar refractivity (Wildman–Crippen MR) is 94.7 cm³/mol. The molecule has 1 unspecified atom stereocenters. The van der Waals surface area contributed by atoms with Crippen LogP contribution >= 0.6 is 11.6 Å². The van der Waals surface area contributed by atoms with Gasteiger partial charge in [-0.3, -0.25) is 14.4 Å². The fraction of sp³-hybridized carbons (Fsp3) is 0.579. The summed E-state index contributed by atoms with van der Waals surface area (Å²) in [6, 6.07) is 0. The fourth-order valence-corrected chi connectivity index (χ4v) is 4.39. The van der Waals surface area contributed by atoms with Crippen LogP contribution in [0.5, 0.6) is 0 Å². The summed E-state index contributed by atoms with van der Waals surface area (Å²) in [5.74, 6) is -2.86. The van der Waals surface area contributed by atoms with Gasteiger partial charge in [-0.25, -0.2) is 4.79 Å². The molecule has 6 nitrogen and oxygen atoms in total.